The number of hydroxylamine groups is 2. The summed E-state index contributed by atoms with van der Waals surface area (Å²) in [4.78, 5) is 16.7. The molecule has 80 valence electrons. The highest BCUT2D eigenvalue weighted by molar-refractivity contribution is 5.75. The average Bonchev–Trinajstić information content (AvgIpc) is 2.97. The molecule has 0 radical (unpaired) electrons. The van der Waals surface area contributed by atoms with E-state index in [0.717, 1.165) is 5.56 Å². The zero-order valence-electron chi connectivity index (χ0n) is 8.81. The minimum absolute atomic E-state index is 0.123. The van der Waals surface area contributed by atoms with Crippen LogP contribution in [-0.2, 0) is 4.84 Å². The topological polar surface area (TPSA) is 44.6 Å². The number of nitrogens with one attached hydrogen (secondary N) is 1. The van der Waals surface area contributed by atoms with Crippen LogP contribution in [0, 0.1) is 0 Å². The second kappa shape index (κ2) is 3.90. The minimum atomic E-state index is -0.218. The Hall–Kier alpha value is -1.55. The van der Waals surface area contributed by atoms with Crippen LogP contribution in [0.25, 0.3) is 0 Å². The Balaban J connectivity index is 1.94. The molecule has 1 atom stereocenters. The third kappa shape index (κ3) is 2.27. The molecule has 1 fully saturated rings. The molecule has 2 rings (SSSR count). The summed E-state index contributed by atoms with van der Waals surface area (Å²) in [6.45, 7) is 3.83. The smallest absolute Gasteiger partial charge is 0.334 e. The number of rotatable bonds is 2. The van der Waals surface area contributed by atoms with Crippen molar-refractivity contribution >= 4 is 6.03 Å². The van der Waals surface area contributed by atoms with E-state index in [1.165, 1.54) is 5.06 Å². The Morgan fingerprint density at radius 3 is 2.67 bits per heavy atom. The first-order valence-electron chi connectivity index (χ1n) is 5.00. The highest BCUT2D eigenvalue weighted by atomic mass is 16.8. The van der Waals surface area contributed by atoms with Gasteiger partial charge in [0, 0.05) is 11.6 Å². The fraction of sp³-hybridized carbons (Fsp3) is 0.364. The number of nitrogens with zero attached hydrogens (tertiary/aromatic N) is 1. The van der Waals surface area contributed by atoms with Gasteiger partial charge in [-0.25, -0.2) is 9.63 Å². The van der Waals surface area contributed by atoms with Crippen molar-refractivity contribution in [2.45, 2.75) is 26.1 Å². The van der Waals surface area contributed by atoms with E-state index in [0.29, 0.717) is 0 Å². The molecule has 1 aromatic rings. The molecule has 15 heavy (non-hydrogen) atoms. The van der Waals surface area contributed by atoms with E-state index in [9.17, 15) is 4.79 Å². The summed E-state index contributed by atoms with van der Waals surface area (Å²) in [5, 5.41) is 4.11. The molecular weight excluding hydrogens is 192 g/mol. The van der Waals surface area contributed by atoms with Crippen molar-refractivity contribution in [3.63, 3.8) is 0 Å². The third-order valence-electron chi connectivity index (χ3n) is 2.08. The first-order valence-corrected chi connectivity index (χ1v) is 5.00. The summed E-state index contributed by atoms with van der Waals surface area (Å²) in [6.07, 6.45) is -0.218. The number of carbonyl (C=O) groups excluding carboxylic acids is 1. The lowest BCUT2D eigenvalue weighted by Gasteiger charge is -2.06. The Morgan fingerprint density at radius 1 is 1.40 bits per heavy atom. The van der Waals surface area contributed by atoms with Crippen LogP contribution in [0.15, 0.2) is 30.3 Å². The van der Waals surface area contributed by atoms with Crippen molar-refractivity contribution in [3.05, 3.63) is 35.9 Å². The zero-order chi connectivity index (χ0) is 10.8. The SMILES string of the molecule is CC(C)NC(=O)N1OC1c1ccccc1. The standard InChI is InChI=1S/C11H14N2O2/c1-8(2)12-11(14)13-10(15-13)9-6-4-3-5-7-9/h3-8,10H,1-2H3,(H,12,14). The second-order valence-corrected chi connectivity index (χ2v) is 3.80. The van der Waals surface area contributed by atoms with Gasteiger partial charge in [0.1, 0.15) is 0 Å². The minimum Gasteiger partial charge on any atom is -0.334 e. The Kier molecular flexibility index (Phi) is 2.60. The fourth-order valence-corrected chi connectivity index (χ4v) is 1.36. The van der Waals surface area contributed by atoms with Crippen LogP contribution in [0.5, 0.6) is 0 Å². The first-order chi connectivity index (χ1) is 7.18. The monoisotopic (exact) mass is 206 g/mol. The average molecular weight is 206 g/mol. The van der Waals surface area contributed by atoms with Crippen LogP contribution in [0.3, 0.4) is 0 Å². The van der Waals surface area contributed by atoms with Gasteiger partial charge in [-0.15, -0.1) is 0 Å². The molecule has 2 amide bonds. The van der Waals surface area contributed by atoms with Gasteiger partial charge in [0.15, 0.2) is 0 Å². The van der Waals surface area contributed by atoms with Crippen LogP contribution in [-0.4, -0.2) is 17.1 Å². The maximum atomic E-state index is 11.5. The molecule has 1 aromatic carbocycles. The highest BCUT2D eigenvalue weighted by Crippen LogP contribution is 2.36. The van der Waals surface area contributed by atoms with Gasteiger partial charge < -0.3 is 5.32 Å². The van der Waals surface area contributed by atoms with Gasteiger partial charge in [-0.1, -0.05) is 30.3 Å². The molecular formula is C11H14N2O2. The number of benzene rings is 1. The number of carbonyl (C=O) groups is 1. The van der Waals surface area contributed by atoms with Crippen molar-refractivity contribution in [2.24, 2.45) is 0 Å². The lowest BCUT2D eigenvalue weighted by molar-refractivity contribution is 0.175. The Bertz CT molecular complexity index is 351. The van der Waals surface area contributed by atoms with E-state index >= 15 is 0 Å². The van der Waals surface area contributed by atoms with Crippen molar-refractivity contribution < 1.29 is 9.63 Å². The predicted octanol–water partition coefficient (Wildman–Crippen LogP) is 2.05. The van der Waals surface area contributed by atoms with Gasteiger partial charge >= 0.3 is 6.03 Å². The normalized spacial score (nSPS) is 19.1. The summed E-state index contributed by atoms with van der Waals surface area (Å²) in [5.74, 6) is 0. The Morgan fingerprint density at radius 2 is 2.07 bits per heavy atom. The van der Waals surface area contributed by atoms with E-state index < -0.39 is 0 Å². The fourth-order valence-electron chi connectivity index (χ4n) is 1.36. The number of urea groups is 1. The van der Waals surface area contributed by atoms with Crippen molar-refractivity contribution in [1.82, 2.24) is 10.4 Å². The number of hydrogen-bond acceptors (Lipinski definition) is 2. The number of amides is 2. The molecule has 1 N–H and O–H groups in total. The van der Waals surface area contributed by atoms with Crippen LogP contribution in [0.4, 0.5) is 4.79 Å². The van der Waals surface area contributed by atoms with Crippen LogP contribution in [0.1, 0.15) is 25.6 Å². The van der Waals surface area contributed by atoms with Crippen LogP contribution in [0.2, 0.25) is 0 Å². The van der Waals surface area contributed by atoms with Gasteiger partial charge in [0.25, 0.3) is 0 Å². The maximum Gasteiger partial charge on any atom is 0.344 e. The largest absolute Gasteiger partial charge is 0.344 e. The van der Waals surface area contributed by atoms with Crippen molar-refractivity contribution in [3.8, 4) is 0 Å². The first kappa shape index (κ1) is 9.98. The lowest BCUT2D eigenvalue weighted by atomic mass is 10.2. The molecule has 1 aliphatic rings. The molecule has 0 aliphatic carbocycles. The van der Waals surface area contributed by atoms with Gasteiger partial charge in [0.05, 0.1) is 0 Å². The second-order valence-electron chi connectivity index (χ2n) is 3.80. The van der Waals surface area contributed by atoms with Crippen molar-refractivity contribution in [1.29, 1.82) is 0 Å². The number of hydrogen-bond donors (Lipinski definition) is 1. The summed E-state index contributed by atoms with van der Waals surface area (Å²) in [7, 11) is 0. The molecule has 0 saturated carbocycles. The molecule has 4 nitrogen and oxygen atoms in total. The summed E-state index contributed by atoms with van der Waals surface area (Å²) in [5.41, 5.74) is 0.997. The quantitative estimate of drug-likeness (QED) is 0.753. The van der Waals surface area contributed by atoms with E-state index in [1.54, 1.807) is 0 Å². The molecule has 0 bridgehead atoms. The maximum absolute atomic E-state index is 11.5. The van der Waals surface area contributed by atoms with Crippen LogP contribution >= 0.6 is 0 Å². The summed E-state index contributed by atoms with van der Waals surface area (Å²) >= 11 is 0. The Labute approximate surface area is 88.8 Å². The summed E-state index contributed by atoms with van der Waals surface area (Å²) < 4.78 is 0. The molecule has 0 spiro atoms. The molecule has 1 aliphatic heterocycles. The van der Waals surface area contributed by atoms with Gasteiger partial charge in [0.2, 0.25) is 6.23 Å². The van der Waals surface area contributed by atoms with E-state index in [1.807, 2.05) is 44.2 Å². The van der Waals surface area contributed by atoms with Gasteiger partial charge in [-0.05, 0) is 13.8 Å². The van der Waals surface area contributed by atoms with Gasteiger partial charge in [-0.3, -0.25) is 0 Å². The van der Waals surface area contributed by atoms with Gasteiger partial charge in [-0.2, -0.15) is 5.06 Å². The van der Waals surface area contributed by atoms with Crippen molar-refractivity contribution in [2.75, 3.05) is 0 Å². The highest BCUT2D eigenvalue weighted by Gasteiger charge is 2.42. The van der Waals surface area contributed by atoms with E-state index in [-0.39, 0.29) is 18.3 Å². The molecule has 0 aromatic heterocycles. The van der Waals surface area contributed by atoms with E-state index in [4.69, 9.17) is 4.84 Å². The third-order valence-corrected chi connectivity index (χ3v) is 2.08. The predicted molar refractivity (Wildman–Crippen MR) is 55.8 cm³/mol. The van der Waals surface area contributed by atoms with Crippen LogP contribution < -0.4 is 5.32 Å². The molecule has 4 heteroatoms. The van der Waals surface area contributed by atoms with E-state index in [2.05, 4.69) is 5.32 Å². The summed E-state index contributed by atoms with van der Waals surface area (Å²) in [6, 6.07) is 9.60. The lowest BCUT2D eigenvalue weighted by Crippen LogP contribution is -2.33. The molecule has 1 heterocycles. The molecule has 1 unspecified atom stereocenters. The zero-order valence-corrected chi connectivity index (χ0v) is 8.81. The molecule has 1 saturated heterocycles.